The smallest absolute Gasteiger partial charge is 0.348 e. The van der Waals surface area contributed by atoms with Crippen LogP contribution in [0.2, 0.25) is 0 Å². The number of aliphatic carboxylic acids is 1. The molecule has 0 saturated carbocycles. The van der Waals surface area contributed by atoms with Crippen LogP contribution in [-0.4, -0.2) is 53.8 Å². The Kier molecular flexibility index (Phi) is 4.83. The van der Waals surface area contributed by atoms with Crippen LogP contribution in [0.1, 0.15) is 25.7 Å². The molecule has 2 aromatic carbocycles. The van der Waals surface area contributed by atoms with Gasteiger partial charge in [-0.25, -0.2) is 4.79 Å². The Morgan fingerprint density at radius 1 is 1.15 bits per heavy atom. The maximum absolute atomic E-state index is 12.1. The van der Waals surface area contributed by atoms with Crippen LogP contribution >= 0.6 is 0 Å². The van der Waals surface area contributed by atoms with E-state index < -0.39 is 11.6 Å². The van der Waals surface area contributed by atoms with Crippen LogP contribution < -0.4 is 10.1 Å². The molecule has 0 unspecified atom stereocenters. The monoisotopic (exact) mass is 354 g/mol. The number of benzene rings is 2. The Morgan fingerprint density at radius 3 is 2.62 bits per heavy atom. The maximum atomic E-state index is 12.1. The van der Waals surface area contributed by atoms with Crippen molar-refractivity contribution in [3.05, 3.63) is 42.5 Å². The SMILES string of the molecule is O=C(O)C1(Oc2ccc3ccccc3c2)CCN([C@H]2CCCNC2)CC1. The van der Waals surface area contributed by atoms with Crippen molar-refractivity contribution in [2.75, 3.05) is 26.2 Å². The lowest BCUT2D eigenvalue weighted by molar-refractivity contribution is -0.160. The highest BCUT2D eigenvalue weighted by Gasteiger charge is 2.45. The van der Waals surface area contributed by atoms with Gasteiger partial charge in [-0.1, -0.05) is 30.3 Å². The van der Waals surface area contributed by atoms with Crippen molar-refractivity contribution in [2.24, 2.45) is 0 Å². The summed E-state index contributed by atoms with van der Waals surface area (Å²) in [5.41, 5.74) is -1.12. The second-order valence-electron chi connectivity index (χ2n) is 7.45. The molecule has 4 rings (SSSR count). The van der Waals surface area contributed by atoms with Gasteiger partial charge in [0.1, 0.15) is 5.75 Å². The molecular formula is C21H26N2O3. The van der Waals surface area contributed by atoms with E-state index in [1.807, 2.05) is 42.5 Å². The van der Waals surface area contributed by atoms with Crippen molar-refractivity contribution in [3.63, 3.8) is 0 Å². The molecule has 2 heterocycles. The van der Waals surface area contributed by atoms with E-state index in [1.165, 1.54) is 12.8 Å². The minimum absolute atomic E-state index is 0.520. The molecule has 2 fully saturated rings. The molecule has 1 atom stereocenters. The van der Waals surface area contributed by atoms with Crippen LogP contribution in [0.4, 0.5) is 0 Å². The van der Waals surface area contributed by atoms with Gasteiger partial charge in [0, 0.05) is 38.5 Å². The maximum Gasteiger partial charge on any atom is 0.348 e. The highest BCUT2D eigenvalue weighted by Crippen LogP contribution is 2.32. The summed E-state index contributed by atoms with van der Waals surface area (Å²) in [5, 5.41) is 15.5. The lowest BCUT2D eigenvalue weighted by Crippen LogP contribution is -2.57. The third-order valence-corrected chi connectivity index (χ3v) is 5.82. The number of hydrogen-bond acceptors (Lipinski definition) is 4. The second kappa shape index (κ2) is 7.25. The molecule has 0 amide bonds. The number of nitrogens with zero attached hydrogens (tertiary/aromatic N) is 1. The summed E-state index contributed by atoms with van der Waals surface area (Å²) >= 11 is 0. The van der Waals surface area contributed by atoms with E-state index in [2.05, 4.69) is 10.2 Å². The molecule has 5 heteroatoms. The Morgan fingerprint density at radius 2 is 1.92 bits per heavy atom. The number of carboxylic acids is 1. The van der Waals surface area contributed by atoms with Crippen LogP contribution in [0.3, 0.4) is 0 Å². The topological polar surface area (TPSA) is 61.8 Å². The first-order valence-corrected chi connectivity index (χ1v) is 9.52. The minimum atomic E-state index is -1.12. The summed E-state index contributed by atoms with van der Waals surface area (Å²) < 4.78 is 6.11. The first kappa shape index (κ1) is 17.3. The average Bonchev–Trinajstić information content (AvgIpc) is 2.69. The van der Waals surface area contributed by atoms with Gasteiger partial charge in [-0.3, -0.25) is 4.90 Å². The predicted octanol–water partition coefficient (Wildman–Crippen LogP) is 2.89. The van der Waals surface area contributed by atoms with E-state index in [-0.39, 0.29) is 0 Å². The largest absolute Gasteiger partial charge is 0.478 e. The summed E-state index contributed by atoms with van der Waals surface area (Å²) in [6.07, 6.45) is 3.43. The predicted molar refractivity (Wildman–Crippen MR) is 102 cm³/mol. The molecule has 0 radical (unpaired) electrons. The molecule has 0 spiro atoms. The number of likely N-dealkylation sites (tertiary alicyclic amines) is 1. The molecule has 2 saturated heterocycles. The zero-order chi connectivity index (χ0) is 18.0. The number of fused-ring (bicyclic) bond motifs is 1. The highest BCUT2D eigenvalue weighted by atomic mass is 16.5. The molecule has 2 aliphatic heterocycles. The number of carboxylic acid groups (broad SMARTS) is 1. The fraction of sp³-hybridized carbons (Fsp3) is 0.476. The molecule has 138 valence electrons. The highest BCUT2D eigenvalue weighted by molar-refractivity contribution is 5.84. The van der Waals surface area contributed by atoms with Crippen molar-refractivity contribution in [1.29, 1.82) is 0 Å². The average molecular weight is 354 g/mol. The third-order valence-electron chi connectivity index (χ3n) is 5.82. The Balaban J connectivity index is 1.49. The summed E-state index contributed by atoms with van der Waals surface area (Å²) in [6.45, 7) is 3.64. The lowest BCUT2D eigenvalue weighted by atomic mass is 9.89. The van der Waals surface area contributed by atoms with Gasteiger partial charge in [0.25, 0.3) is 0 Å². The lowest BCUT2D eigenvalue weighted by Gasteiger charge is -2.43. The van der Waals surface area contributed by atoms with E-state index >= 15 is 0 Å². The number of hydrogen-bond donors (Lipinski definition) is 2. The summed E-state index contributed by atoms with van der Waals surface area (Å²) in [6, 6.07) is 14.4. The fourth-order valence-electron chi connectivity index (χ4n) is 4.21. The molecule has 2 aliphatic rings. The summed E-state index contributed by atoms with van der Waals surface area (Å²) in [5.74, 6) is -0.217. The Hall–Kier alpha value is -2.11. The molecule has 2 N–H and O–H groups in total. The molecular weight excluding hydrogens is 328 g/mol. The number of ether oxygens (including phenoxy) is 1. The van der Waals surface area contributed by atoms with Gasteiger partial charge in [-0.05, 0) is 42.3 Å². The third kappa shape index (κ3) is 3.41. The molecule has 0 aliphatic carbocycles. The van der Waals surface area contributed by atoms with Gasteiger partial charge in [0.05, 0.1) is 0 Å². The van der Waals surface area contributed by atoms with Gasteiger partial charge >= 0.3 is 5.97 Å². The van der Waals surface area contributed by atoms with Gasteiger partial charge in [-0.15, -0.1) is 0 Å². The van der Waals surface area contributed by atoms with Crippen LogP contribution in [0.25, 0.3) is 10.8 Å². The van der Waals surface area contributed by atoms with Gasteiger partial charge in [0.2, 0.25) is 5.60 Å². The van der Waals surface area contributed by atoms with Crippen molar-refractivity contribution in [3.8, 4) is 5.75 Å². The van der Waals surface area contributed by atoms with Crippen LogP contribution in [0.15, 0.2) is 42.5 Å². The number of piperidine rings is 2. The van der Waals surface area contributed by atoms with E-state index in [0.29, 0.717) is 24.6 Å². The van der Waals surface area contributed by atoms with E-state index in [4.69, 9.17) is 4.74 Å². The van der Waals surface area contributed by atoms with Gasteiger partial charge in [0.15, 0.2) is 0 Å². The quantitative estimate of drug-likeness (QED) is 0.884. The normalized spacial score (nSPS) is 23.6. The first-order chi connectivity index (χ1) is 12.7. The Bertz CT molecular complexity index is 778. The van der Waals surface area contributed by atoms with Gasteiger partial charge < -0.3 is 15.2 Å². The van der Waals surface area contributed by atoms with Crippen molar-refractivity contribution in [1.82, 2.24) is 10.2 Å². The second-order valence-corrected chi connectivity index (χ2v) is 7.45. The Labute approximate surface area is 153 Å². The summed E-state index contributed by atoms with van der Waals surface area (Å²) in [7, 11) is 0. The molecule has 0 bridgehead atoms. The van der Waals surface area contributed by atoms with E-state index in [0.717, 1.165) is 37.0 Å². The zero-order valence-corrected chi connectivity index (χ0v) is 15.0. The summed E-state index contributed by atoms with van der Waals surface area (Å²) in [4.78, 5) is 14.5. The van der Waals surface area contributed by atoms with Crippen molar-refractivity contribution >= 4 is 16.7 Å². The molecule has 26 heavy (non-hydrogen) atoms. The van der Waals surface area contributed by atoms with E-state index in [9.17, 15) is 9.90 Å². The number of nitrogens with one attached hydrogen (secondary N) is 1. The van der Waals surface area contributed by atoms with Crippen LogP contribution in [0.5, 0.6) is 5.75 Å². The molecule has 0 aromatic heterocycles. The first-order valence-electron chi connectivity index (χ1n) is 9.52. The van der Waals surface area contributed by atoms with Crippen molar-refractivity contribution < 1.29 is 14.6 Å². The van der Waals surface area contributed by atoms with E-state index in [1.54, 1.807) is 0 Å². The van der Waals surface area contributed by atoms with Gasteiger partial charge in [-0.2, -0.15) is 0 Å². The fourth-order valence-corrected chi connectivity index (χ4v) is 4.21. The number of rotatable bonds is 4. The number of carbonyl (C=O) groups is 1. The standard InChI is InChI=1S/C21H26N2O3/c24-20(25)21(9-12-23(13-10-21)18-6-3-11-22-15-18)26-19-8-7-16-4-1-2-5-17(16)14-19/h1-2,4-5,7-8,14,18,22H,3,6,9-13,15H2,(H,24,25)/t18-/m0/s1. The van der Waals surface area contributed by atoms with Crippen LogP contribution in [0, 0.1) is 0 Å². The van der Waals surface area contributed by atoms with Crippen LogP contribution in [-0.2, 0) is 4.79 Å². The van der Waals surface area contributed by atoms with Crippen molar-refractivity contribution in [2.45, 2.75) is 37.3 Å². The molecule has 2 aromatic rings. The molecule has 5 nitrogen and oxygen atoms in total. The zero-order valence-electron chi connectivity index (χ0n) is 15.0. The minimum Gasteiger partial charge on any atom is -0.478 e.